The smallest absolute Gasteiger partial charge is 0.257 e. The van der Waals surface area contributed by atoms with E-state index in [0.29, 0.717) is 30.9 Å². The van der Waals surface area contributed by atoms with Gasteiger partial charge in [0.25, 0.3) is 5.91 Å². The van der Waals surface area contributed by atoms with Crippen LogP contribution in [0.4, 0.5) is 0 Å². The van der Waals surface area contributed by atoms with E-state index in [1.807, 2.05) is 32.9 Å². The molecule has 7 nitrogen and oxygen atoms in total. The van der Waals surface area contributed by atoms with Crippen molar-refractivity contribution in [3.05, 3.63) is 53.1 Å². The molecule has 0 spiro atoms. The number of benzene rings is 1. The first-order valence-electron chi connectivity index (χ1n) is 11.6. The van der Waals surface area contributed by atoms with Gasteiger partial charge in [-0.3, -0.25) is 9.59 Å². The van der Waals surface area contributed by atoms with Gasteiger partial charge in [-0.15, -0.1) is 0 Å². The van der Waals surface area contributed by atoms with Gasteiger partial charge in [0.2, 0.25) is 5.91 Å². The van der Waals surface area contributed by atoms with Crippen molar-refractivity contribution in [1.82, 2.24) is 20.2 Å². The average molecular weight is 437 g/mol. The molecule has 4 rings (SSSR count). The highest BCUT2D eigenvalue weighted by molar-refractivity contribution is 5.99. The summed E-state index contributed by atoms with van der Waals surface area (Å²) >= 11 is 0. The standard InChI is InChI=1S/C25H32N4O3/c1-17(2)22-26-15-20(16-27-22)23(30)29-11-5-4-10-25(29,3)24(31)28-14-18-8-9-21-19(13-18)7-6-12-32-21/h8-9,13,15-17H,4-7,10-12,14H2,1-3H3,(H,28,31). The molecule has 1 aromatic heterocycles. The highest BCUT2D eigenvalue weighted by Gasteiger charge is 2.44. The largest absolute Gasteiger partial charge is 0.493 e. The number of nitrogens with zero attached hydrogens (tertiary/aromatic N) is 3. The summed E-state index contributed by atoms with van der Waals surface area (Å²) in [6.07, 6.45) is 7.58. The molecule has 32 heavy (non-hydrogen) atoms. The molecule has 2 aliphatic heterocycles. The van der Waals surface area contributed by atoms with Crippen molar-refractivity contribution in [2.75, 3.05) is 13.2 Å². The summed E-state index contributed by atoms with van der Waals surface area (Å²) < 4.78 is 5.68. The first kappa shape index (κ1) is 22.2. The Bertz CT molecular complexity index is 989. The Kier molecular flexibility index (Phi) is 6.44. The first-order valence-corrected chi connectivity index (χ1v) is 11.6. The number of rotatable bonds is 5. The fraction of sp³-hybridized carbons (Fsp3) is 0.520. The second-order valence-electron chi connectivity index (χ2n) is 9.25. The molecule has 0 aliphatic carbocycles. The van der Waals surface area contributed by atoms with Gasteiger partial charge in [0.15, 0.2) is 0 Å². The van der Waals surface area contributed by atoms with Gasteiger partial charge < -0.3 is 15.0 Å². The van der Waals surface area contributed by atoms with Crippen molar-refractivity contribution < 1.29 is 14.3 Å². The Morgan fingerprint density at radius 2 is 1.97 bits per heavy atom. The van der Waals surface area contributed by atoms with E-state index in [2.05, 4.69) is 21.4 Å². The molecule has 1 saturated heterocycles. The molecule has 2 aliphatic rings. The maximum absolute atomic E-state index is 13.3. The second-order valence-corrected chi connectivity index (χ2v) is 9.25. The van der Waals surface area contributed by atoms with Crippen LogP contribution in [0.15, 0.2) is 30.6 Å². The predicted molar refractivity (Wildman–Crippen MR) is 122 cm³/mol. The van der Waals surface area contributed by atoms with Crippen LogP contribution in [0.25, 0.3) is 0 Å². The van der Waals surface area contributed by atoms with Crippen LogP contribution < -0.4 is 10.1 Å². The van der Waals surface area contributed by atoms with E-state index < -0.39 is 5.54 Å². The molecule has 1 fully saturated rings. The van der Waals surface area contributed by atoms with Crippen LogP contribution in [0, 0.1) is 0 Å². The van der Waals surface area contributed by atoms with Crippen LogP contribution in [0.2, 0.25) is 0 Å². The monoisotopic (exact) mass is 436 g/mol. The summed E-state index contributed by atoms with van der Waals surface area (Å²) in [5, 5.41) is 3.07. The summed E-state index contributed by atoms with van der Waals surface area (Å²) in [6, 6.07) is 6.08. The summed E-state index contributed by atoms with van der Waals surface area (Å²) in [7, 11) is 0. The second kappa shape index (κ2) is 9.27. The molecule has 3 heterocycles. The molecule has 1 aromatic carbocycles. The number of carbonyl (C=O) groups excluding carboxylic acids is 2. The number of aromatic nitrogens is 2. The van der Waals surface area contributed by atoms with E-state index >= 15 is 0 Å². The number of nitrogens with one attached hydrogen (secondary N) is 1. The number of hydrogen-bond donors (Lipinski definition) is 1. The van der Waals surface area contributed by atoms with Gasteiger partial charge in [0.05, 0.1) is 12.2 Å². The van der Waals surface area contributed by atoms with Crippen molar-refractivity contribution in [3.63, 3.8) is 0 Å². The highest BCUT2D eigenvalue weighted by atomic mass is 16.5. The normalized spacial score (nSPS) is 20.4. The van der Waals surface area contributed by atoms with E-state index in [1.165, 1.54) is 5.56 Å². The van der Waals surface area contributed by atoms with Crippen LogP contribution >= 0.6 is 0 Å². The maximum Gasteiger partial charge on any atom is 0.257 e. The van der Waals surface area contributed by atoms with E-state index in [4.69, 9.17) is 4.74 Å². The van der Waals surface area contributed by atoms with Crippen molar-refractivity contribution in [2.24, 2.45) is 0 Å². The van der Waals surface area contributed by atoms with Crippen LogP contribution in [0.3, 0.4) is 0 Å². The minimum absolute atomic E-state index is 0.126. The molecule has 0 radical (unpaired) electrons. The molecular weight excluding hydrogens is 404 g/mol. The number of ether oxygens (including phenoxy) is 1. The molecule has 2 aromatic rings. The molecule has 1 atom stereocenters. The van der Waals surface area contributed by atoms with Gasteiger partial charge in [0, 0.05) is 31.4 Å². The van der Waals surface area contributed by atoms with Crippen molar-refractivity contribution >= 4 is 11.8 Å². The zero-order valence-corrected chi connectivity index (χ0v) is 19.2. The topological polar surface area (TPSA) is 84.4 Å². The Morgan fingerprint density at radius 3 is 2.72 bits per heavy atom. The molecular formula is C25H32N4O3. The minimum atomic E-state index is -0.899. The zero-order valence-electron chi connectivity index (χ0n) is 19.2. The average Bonchev–Trinajstić information content (AvgIpc) is 2.82. The van der Waals surface area contributed by atoms with Gasteiger partial charge in [-0.1, -0.05) is 26.0 Å². The minimum Gasteiger partial charge on any atom is -0.493 e. The number of fused-ring (bicyclic) bond motifs is 1. The predicted octanol–water partition coefficient (Wildman–Crippen LogP) is 3.63. The number of likely N-dealkylation sites (tertiary alicyclic amines) is 1. The summed E-state index contributed by atoms with van der Waals surface area (Å²) in [5.41, 5.74) is 1.75. The Morgan fingerprint density at radius 1 is 1.19 bits per heavy atom. The van der Waals surface area contributed by atoms with Gasteiger partial charge in [0.1, 0.15) is 17.1 Å². The fourth-order valence-electron chi connectivity index (χ4n) is 4.48. The zero-order chi connectivity index (χ0) is 22.7. The lowest BCUT2D eigenvalue weighted by Gasteiger charge is -2.43. The van der Waals surface area contributed by atoms with E-state index in [0.717, 1.165) is 43.6 Å². The van der Waals surface area contributed by atoms with Crippen molar-refractivity contribution in [2.45, 2.75) is 70.9 Å². The summed E-state index contributed by atoms with van der Waals surface area (Å²) in [4.78, 5) is 36.9. The highest BCUT2D eigenvalue weighted by Crippen LogP contribution is 2.30. The summed E-state index contributed by atoms with van der Waals surface area (Å²) in [5.74, 6) is 1.52. The van der Waals surface area contributed by atoms with Crippen molar-refractivity contribution in [3.8, 4) is 5.75 Å². The van der Waals surface area contributed by atoms with E-state index in [1.54, 1.807) is 17.3 Å². The number of aryl methyl sites for hydroxylation is 1. The third-order valence-electron chi connectivity index (χ3n) is 6.49. The van der Waals surface area contributed by atoms with Gasteiger partial charge >= 0.3 is 0 Å². The molecule has 1 unspecified atom stereocenters. The molecule has 7 heteroatoms. The van der Waals surface area contributed by atoms with E-state index in [-0.39, 0.29) is 17.7 Å². The SMILES string of the molecule is CC(C)c1ncc(C(=O)N2CCCCC2(C)C(=O)NCc2ccc3c(c2)CCCO3)cn1. The van der Waals surface area contributed by atoms with Crippen LogP contribution in [-0.2, 0) is 17.8 Å². The maximum atomic E-state index is 13.3. The van der Waals surface area contributed by atoms with Crippen LogP contribution in [-0.4, -0.2) is 45.4 Å². The van der Waals surface area contributed by atoms with Gasteiger partial charge in [-0.05, 0) is 56.2 Å². The lowest BCUT2D eigenvalue weighted by molar-refractivity contribution is -0.133. The molecule has 0 bridgehead atoms. The van der Waals surface area contributed by atoms with Gasteiger partial charge in [-0.25, -0.2) is 9.97 Å². The lowest BCUT2D eigenvalue weighted by atomic mass is 9.86. The first-order chi connectivity index (χ1) is 15.4. The fourth-order valence-corrected chi connectivity index (χ4v) is 4.48. The molecule has 2 amide bonds. The Balaban J connectivity index is 1.47. The van der Waals surface area contributed by atoms with E-state index in [9.17, 15) is 9.59 Å². The lowest BCUT2D eigenvalue weighted by Crippen LogP contribution is -2.60. The number of hydrogen-bond acceptors (Lipinski definition) is 5. The third kappa shape index (κ3) is 4.47. The van der Waals surface area contributed by atoms with Crippen LogP contribution in [0.5, 0.6) is 5.75 Å². The molecule has 170 valence electrons. The molecule has 0 saturated carbocycles. The number of piperidine rings is 1. The summed E-state index contributed by atoms with van der Waals surface area (Å²) in [6.45, 7) is 7.62. The van der Waals surface area contributed by atoms with Crippen LogP contribution in [0.1, 0.15) is 79.7 Å². The van der Waals surface area contributed by atoms with Gasteiger partial charge in [-0.2, -0.15) is 0 Å². The Labute approximate surface area is 189 Å². The number of carbonyl (C=O) groups is 2. The van der Waals surface area contributed by atoms with Crippen molar-refractivity contribution in [1.29, 1.82) is 0 Å². The number of amides is 2. The Hall–Kier alpha value is -2.96. The molecule has 1 N–H and O–H groups in total. The quantitative estimate of drug-likeness (QED) is 0.774. The third-order valence-corrected chi connectivity index (χ3v) is 6.49.